The largest absolute Gasteiger partial charge is 0.361 e. The average Bonchev–Trinajstić information content (AvgIpc) is 1.53. The van der Waals surface area contributed by atoms with E-state index >= 15 is 0 Å². The van der Waals surface area contributed by atoms with Gasteiger partial charge in [-0.2, -0.15) is 0 Å². The maximum absolute atomic E-state index is 5.79. The molecule has 0 aliphatic carbocycles. The minimum atomic E-state index is 0.0328. The molecular formula is C9H20NO+. The number of quaternary nitrogens is 1. The molecule has 0 aromatic heterocycles. The zero-order chi connectivity index (χ0) is 8.70. The molecule has 1 heterocycles. The molecule has 0 amide bonds. The molecule has 0 atom stereocenters. The smallest absolute Gasteiger partial charge is 0.156 e. The number of likely N-dealkylation sites (N-methyl/N-ethyl adjacent to an activating group) is 1. The van der Waals surface area contributed by atoms with Crippen LogP contribution in [-0.4, -0.2) is 43.4 Å². The Labute approximate surface area is 69.7 Å². The molecule has 0 aromatic carbocycles. The van der Waals surface area contributed by atoms with Gasteiger partial charge >= 0.3 is 0 Å². The summed E-state index contributed by atoms with van der Waals surface area (Å²) in [7, 11) is 4.48. The molecule has 2 nitrogen and oxygen atoms in total. The van der Waals surface area contributed by atoms with E-state index in [9.17, 15) is 0 Å². The first-order valence-corrected chi connectivity index (χ1v) is 4.28. The van der Waals surface area contributed by atoms with Crippen LogP contribution in [0, 0.1) is 0 Å². The second-order valence-electron chi connectivity index (χ2n) is 5.15. The lowest BCUT2D eigenvalue weighted by atomic mass is 10.1. The zero-order valence-electron chi connectivity index (χ0n) is 8.35. The number of hydrogen-bond donors (Lipinski definition) is 0. The van der Waals surface area contributed by atoms with Gasteiger partial charge in [-0.3, -0.25) is 0 Å². The molecule has 0 unspecified atom stereocenters. The maximum Gasteiger partial charge on any atom is 0.156 e. The fourth-order valence-electron chi connectivity index (χ4n) is 1.62. The fourth-order valence-corrected chi connectivity index (χ4v) is 1.62. The van der Waals surface area contributed by atoms with Crippen LogP contribution in [0.3, 0.4) is 0 Å². The van der Waals surface area contributed by atoms with Crippen molar-refractivity contribution in [3.63, 3.8) is 0 Å². The molecule has 1 aliphatic heterocycles. The molecule has 0 aromatic rings. The molecule has 1 aliphatic rings. The van der Waals surface area contributed by atoms with Gasteiger partial charge in [-0.05, 0) is 20.8 Å². The summed E-state index contributed by atoms with van der Waals surface area (Å²) in [5.41, 5.74) is 0.0328. The van der Waals surface area contributed by atoms with E-state index in [1.165, 1.54) is 0 Å². The SMILES string of the molecule is CC(C)(C)OC1C[N+](C)(C)C1. The summed E-state index contributed by atoms with van der Waals surface area (Å²) in [5.74, 6) is 0. The van der Waals surface area contributed by atoms with Crippen molar-refractivity contribution in [2.45, 2.75) is 32.5 Å². The minimum Gasteiger partial charge on any atom is -0.361 e. The van der Waals surface area contributed by atoms with E-state index in [4.69, 9.17) is 4.74 Å². The van der Waals surface area contributed by atoms with Crippen LogP contribution >= 0.6 is 0 Å². The van der Waals surface area contributed by atoms with Crippen molar-refractivity contribution in [1.82, 2.24) is 0 Å². The van der Waals surface area contributed by atoms with Gasteiger partial charge in [-0.15, -0.1) is 0 Å². The normalized spacial score (nSPS) is 24.8. The summed E-state index contributed by atoms with van der Waals surface area (Å²) in [5, 5.41) is 0. The topological polar surface area (TPSA) is 9.23 Å². The number of rotatable bonds is 1. The Morgan fingerprint density at radius 3 is 1.91 bits per heavy atom. The number of hydrogen-bond acceptors (Lipinski definition) is 1. The van der Waals surface area contributed by atoms with E-state index in [1.807, 2.05) is 0 Å². The van der Waals surface area contributed by atoms with Crippen molar-refractivity contribution >= 4 is 0 Å². The Balaban J connectivity index is 2.24. The predicted octanol–water partition coefficient (Wildman–Crippen LogP) is 1.26. The first-order valence-electron chi connectivity index (χ1n) is 4.28. The van der Waals surface area contributed by atoms with Crippen molar-refractivity contribution in [1.29, 1.82) is 0 Å². The molecule has 1 rings (SSSR count). The maximum atomic E-state index is 5.79. The van der Waals surface area contributed by atoms with E-state index in [-0.39, 0.29) is 5.60 Å². The highest BCUT2D eigenvalue weighted by Gasteiger charge is 2.39. The summed E-state index contributed by atoms with van der Waals surface area (Å²) >= 11 is 0. The number of likely N-dealkylation sites (tertiary alicyclic amines) is 1. The quantitative estimate of drug-likeness (QED) is 0.522. The van der Waals surface area contributed by atoms with Crippen LogP contribution in [-0.2, 0) is 4.74 Å². The molecule has 66 valence electrons. The molecule has 0 radical (unpaired) electrons. The van der Waals surface area contributed by atoms with Crippen LogP contribution in [0.1, 0.15) is 20.8 Å². The predicted molar refractivity (Wildman–Crippen MR) is 46.5 cm³/mol. The number of ether oxygens (including phenoxy) is 1. The van der Waals surface area contributed by atoms with E-state index in [0.29, 0.717) is 6.10 Å². The van der Waals surface area contributed by atoms with Crippen LogP contribution in [0.2, 0.25) is 0 Å². The van der Waals surface area contributed by atoms with Gasteiger partial charge in [-0.1, -0.05) is 0 Å². The second kappa shape index (κ2) is 2.46. The zero-order valence-corrected chi connectivity index (χ0v) is 8.35. The van der Waals surface area contributed by atoms with Crippen LogP contribution in [0.4, 0.5) is 0 Å². The lowest BCUT2D eigenvalue weighted by molar-refractivity contribution is -0.938. The molecule has 2 heteroatoms. The summed E-state index contributed by atoms with van der Waals surface area (Å²) in [4.78, 5) is 0. The van der Waals surface area contributed by atoms with E-state index in [1.54, 1.807) is 0 Å². The molecular weight excluding hydrogens is 138 g/mol. The van der Waals surface area contributed by atoms with Gasteiger partial charge in [0, 0.05) is 0 Å². The van der Waals surface area contributed by atoms with Gasteiger partial charge < -0.3 is 9.22 Å². The molecule has 11 heavy (non-hydrogen) atoms. The third-order valence-corrected chi connectivity index (χ3v) is 1.92. The Bertz CT molecular complexity index is 138. The van der Waals surface area contributed by atoms with Crippen molar-refractivity contribution in [2.24, 2.45) is 0 Å². The second-order valence-corrected chi connectivity index (χ2v) is 5.15. The van der Waals surface area contributed by atoms with Gasteiger partial charge in [0.05, 0.1) is 19.7 Å². The van der Waals surface area contributed by atoms with E-state index < -0.39 is 0 Å². The van der Waals surface area contributed by atoms with E-state index in [0.717, 1.165) is 17.6 Å². The average molecular weight is 158 g/mol. The third-order valence-electron chi connectivity index (χ3n) is 1.92. The summed E-state index contributed by atoms with van der Waals surface area (Å²) < 4.78 is 6.91. The van der Waals surface area contributed by atoms with Crippen LogP contribution in [0.15, 0.2) is 0 Å². The Morgan fingerprint density at radius 1 is 1.18 bits per heavy atom. The van der Waals surface area contributed by atoms with Crippen LogP contribution < -0.4 is 0 Å². The minimum absolute atomic E-state index is 0.0328. The Hall–Kier alpha value is -0.0800. The first-order chi connectivity index (χ1) is 4.79. The molecule has 1 fully saturated rings. The first kappa shape index (κ1) is 9.01. The van der Waals surface area contributed by atoms with Crippen molar-refractivity contribution in [3.8, 4) is 0 Å². The van der Waals surface area contributed by atoms with Gasteiger partial charge in [0.2, 0.25) is 0 Å². The van der Waals surface area contributed by atoms with E-state index in [2.05, 4.69) is 34.9 Å². The van der Waals surface area contributed by atoms with Crippen molar-refractivity contribution in [3.05, 3.63) is 0 Å². The summed E-state index contributed by atoms with van der Waals surface area (Å²) in [6.07, 6.45) is 0.491. The lowest BCUT2D eigenvalue weighted by Gasteiger charge is -2.46. The van der Waals surface area contributed by atoms with Crippen molar-refractivity contribution < 1.29 is 9.22 Å². The molecule has 0 saturated carbocycles. The van der Waals surface area contributed by atoms with Gasteiger partial charge in [0.25, 0.3) is 0 Å². The standard InChI is InChI=1S/C9H20NO/c1-9(2,3)11-8-6-10(4,5)7-8/h8H,6-7H2,1-5H3/q+1. The lowest BCUT2D eigenvalue weighted by Crippen LogP contribution is -2.63. The highest BCUT2D eigenvalue weighted by molar-refractivity contribution is 4.71. The Kier molecular flexibility index (Phi) is 2.01. The fraction of sp³-hybridized carbons (Fsp3) is 1.00. The highest BCUT2D eigenvalue weighted by atomic mass is 16.5. The van der Waals surface area contributed by atoms with Gasteiger partial charge in [-0.25, -0.2) is 0 Å². The summed E-state index contributed by atoms with van der Waals surface area (Å²) in [6.45, 7) is 8.68. The van der Waals surface area contributed by atoms with Crippen LogP contribution in [0.5, 0.6) is 0 Å². The van der Waals surface area contributed by atoms with Crippen LogP contribution in [0.25, 0.3) is 0 Å². The third kappa shape index (κ3) is 2.80. The molecule has 0 bridgehead atoms. The van der Waals surface area contributed by atoms with Gasteiger partial charge in [0.1, 0.15) is 13.1 Å². The molecule has 1 saturated heterocycles. The van der Waals surface area contributed by atoms with Crippen molar-refractivity contribution in [2.75, 3.05) is 27.2 Å². The summed E-state index contributed by atoms with van der Waals surface area (Å²) in [6, 6.07) is 0. The highest BCUT2D eigenvalue weighted by Crippen LogP contribution is 2.21. The number of nitrogens with zero attached hydrogens (tertiary/aromatic N) is 1. The van der Waals surface area contributed by atoms with Gasteiger partial charge in [0.15, 0.2) is 6.10 Å². The molecule has 0 N–H and O–H groups in total. The Morgan fingerprint density at radius 2 is 1.64 bits per heavy atom. The monoisotopic (exact) mass is 158 g/mol. The molecule has 0 spiro atoms.